The lowest BCUT2D eigenvalue weighted by Crippen LogP contribution is -2.33. The van der Waals surface area contributed by atoms with E-state index in [4.69, 9.17) is 10.5 Å². The van der Waals surface area contributed by atoms with Crippen molar-refractivity contribution in [3.8, 4) is 0 Å². The fourth-order valence-electron chi connectivity index (χ4n) is 1.02. The Balaban J connectivity index is 2.46. The lowest BCUT2D eigenvalue weighted by Gasteiger charge is -2.11. The fraction of sp³-hybridized carbons (Fsp3) is 0.625. The van der Waals surface area contributed by atoms with Crippen molar-refractivity contribution < 1.29 is 9.53 Å². The van der Waals surface area contributed by atoms with Gasteiger partial charge < -0.3 is 15.8 Å². The van der Waals surface area contributed by atoms with Gasteiger partial charge in [0.2, 0.25) is 5.91 Å². The molecule has 15 heavy (non-hydrogen) atoms. The van der Waals surface area contributed by atoms with Crippen LogP contribution in [0.1, 0.15) is 13.0 Å². The molecule has 7 heteroatoms. The van der Waals surface area contributed by atoms with E-state index in [2.05, 4.69) is 15.6 Å². The number of methoxy groups -OCH3 is 1. The highest BCUT2D eigenvalue weighted by atomic mass is 16.5. The number of nitrogens with one attached hydrogen (secondary N) is 1. The highest BCUT2D eigenvalue weighted by Gasteiger charge is 2.15. The maximum Gasteiger partial charge on any atom is 0.244 e. The Hall–Kier alpha value is -1.63. The molecule has 0 bridgehead atoms. The monoisotopic (exact) mass is 213 g/mol. The summed E-state index contributed by atoms with van der Waals surface area (Å²) in [6.45, 7) is 2.68. The van der Waals surface area contributed by atoms with Crippen molar-refractivity contribution in [3.63, 3.8) is 0 Å². The molecule has 0 aliphatic heterocycles. The molecule has 0 saturated heterocycles. The number of rotatable bonds is 5. The molecule has 1 rings (SSSR count). The average molecular weight is 213 g/mol. The number of nitrogen functional groups attached to an aromatic ring is 1. The zero-order valence-electron chi connectivity index (χ0n) is 8.80. The number of aromatic nitrogens is 3. The highest BCUT2D eigenvalue weighted by molar-refractivity contribution is 5.79. The van der Waals surface area contributed by atoms with Gasteiger partial charge in [0.1, 0.15) is 6.04 Å². The summed E-state index contributed by atoms with van der Waals surface area (Å²) in [5.74, 6) is 0.156. The molecule has 0 fully saturated rings. The van der Waals surface area contributed by atoms with E-state index >= 15 is 0 Å². The molecular formula is C8H15N5O2. The molecule has 1 heterocycles. The third kappa shape index (κ3) is 3.21. The number of ether oxygens (including phenoxy) is 1. The molecule has 1 atom stereocenters. The molecule has 0 saturated carbocycles. The molecule has 0 aromatic carbocycles. The van der Waals surface area contributed by atoms with Gasteiger partial charge in [0.15, 0.2) is 5.82 Å². The van der Waals surface area contributed by atoms with Gasteiger partial charge in [-0.15, -0.1) is 5.10 Å². The van der Waals surface area contributed by atoms with E-state index in [9.17, 15) is 4.79 Å². The number of hydrogen-bond donors (Lipinski definition) is 2. The van der Waals surface area contributed by atoms with E-state index in [-0.39, 0.29) is 5.91 Å². The number of carbonyl (C=O) groups is 1. The Morgan fingerprint density at radius 3 is 3.07 bits per heavy atom. The summed E-state index contributed by atoms with van der Waals surface area (Å²) in [5, 5.41) is 10.0. The van der Waals surface area contributed by atoms with E-state index < -0.39 is 6.04 Å². The normalized spacial score (nSPS) is 12.4. The van der Waals surface area contributed by atoms with Gasteiger partial charge in [-0.2, -0.15) is 0 Å². The van der Waals surface area contributed by atoms with Gasteiger partial charge in [0.25, 0.3) is 0 Å². The van der Waals surface area contributed by atoms with Gasteiger partial charge in [-0.25, -0.2) is 4.68 Å². The minimum Gasteiger partial charge on any atom is -0.383 e. The molecule has 7 nitrogen and oxygen atoms in total. The van der Waals surface area contributed by atoms with Gasteiger partial charge in [0, 0.05) is 13.7 Å². The summed E-state index contributed by atoms with van der Waals surface area (Å²) in [6, 6.07) is -0.424. The number of nitrogens with zero attached hydrogens (tertiary/aromatic N) is 3. The molecule has 3 N–H and O–H groups in total. The average Bonchev–Trinajstić information content (AvgIpc) is 2.64. The maximum absolute atomic E-state index is 11.5. The van der Waals surface area contributed by atoms with Gasteiger partial charge in [-0.3, -0.25) is 4.79 Å². The third-order valence-electron chi connectivity index (χ3n) is 1.91. The van der Waals surface area contributed by atoms with Crippen LogP contribution < -0.4 is 11.1 Å². The smallest absolute Gasteiger partial charge is 0.244 e. The van der Waals surface area contributed by atoms with Crippen LogP contribution in [-0.2, 0) is 9.53 Å². The Morgan fingerprint density at radius 2 is 2.53 bits per heavy atom. The number of nitrogens with two attached hydrogens (primary N) is 1. The maximum atomic E-state index is 11.5. The van der Waals surface area contributed by atoms with Gasteiger partial charge >= 0.3 is 0 Å². The van der Waals surface area contributed by atoms with Gasteiger partial charge in [-0.05, 0) is 6.92 Å². The van der Waals surface area contributed by atoms with Crippen molar-refractivity contribution in [3.05, 3.63) is 6.20 Å². The minimum atomic E-state index is -0.424. The molecule has 0 spiro atoms. The number of anilines is 1. The second-order valence-corrected chi connectivity index (χ2v) is 3.08. The first-order valence-electron chi connectivity index (χ1n) is 4.59. The summed E-state index contributed by atoms with van der Waals surface area (Å²) >= 11 is 0. The zero-order chi connectivity index (χ0) is 11.3. The van der Waals surface area contributed by atoms with Crippen molar-refractivity contribution in [2.75, 3.05) is 26.0 Å². The predicted octanol–water partition coefficient (Wildman–Crippen LogP) is -0.816. The molecule has 0 aliphatic carbocycles. The van der Waals surface area contributed by atoms with Gasteiger partial charge in [-0.1, -0.05) is 5.21 Å². The summed E-state index contributed by atoms with van der Waals surface area (Å²) in [6.07, 6.45) is 1.51. The number of hydrogen-bond acceptors (Lipinski definition) is 5. The molecule has 84 valence electrons. The number of amides is 1. The van der Waals surface area contributed by atoms with Crippen LogP contribution in [0.25, 0.3) is 0 Å². The largest absolute Gasteiger partial charge is 0.383 e. The summed E-state index contributed by atoms with van der Waals surface area (Å²) in [4.78, 5) is 11.5. The second kappa shape index (κ2) is 5.30. The van der Waals surface area contributed by atoms with Crippen molar-refractivity contribution in [2.24, 2.45) is 0 Å². The van der Waals surface area contributed by atoms with Crippen LogP contribution in [0.4, 0.5) is 5.82 Å². The Morgan fingerprint density at radius 1 is 1.80 bits per heavy atom. The van der Waals surface area contributed by atoms with Crippen molar-refractivity contribution in [1.82, 2.24) is 20.3 Å². The molecule has 0 radical (unpaired) electrons. The van der Waals surface area contributed by atoms with Crippen LogP contribution in [-0.4, -0.2) is 41.2 Å². The van der Waals surface area contributed by atoms with Crippen LogP contribution >= 0.6 is 0 Å². The van der Waals surface area contributed by atoms with Crippen LogP contribution in [0.5, 0.6) is 0 Å². The molecule has 0 aliphatic rings. The Labute approximate surface area is 87.6 Å². The summed E-state index contributed by atoms with van der Waals surface area (Å²) in [7, 11) is 1.58. The first-order valence-corrected chi connectivity index (χ1v) is 4.59. The topological polar surface area (TPSA) is 95.1 Å². The first-order chi connectivity index (χ1) is 7.15. The first kappa shape index (κ1) is 11.4. The van der Waals surface area contributed by atoms with Crippen molar-refractivity contribution in [2.45, 2.75) is 13.0 Å². The lowest BCUT2D eigenvalue weighted by molar-refractivity contribution is -0.124. The Bertz CT molecular complexity index is 325. The lowest BCUT2D eigenvalue weighted by atomic mass is 10.3. The van der Waals surface area contributed by atoms with Crippen LogP contribution in [0.2, 0.25) is 0 Å². The highest BCUT2D eigenvalue weighted by Crippen LogP contribution is 2.04. The van der Waals surface area contributed by atoms with E-state index in [1.54, 1.807) is 14.0 Å². The fourth-order valence-corrected chi connectivity index (χ4v) is 1.02. The Kier molecular flexibility index (Phi) is 4.04. The molecule has 1 amide bonds. The van der Waals surface area contributed by atoms with Crippen LogP contribution in [0, 0.1) is 0 Å². The van der Waals surface area contributed by atoms with Gasteiger partial charge in [0.05, 0.1) is 12.8 Å². The second-order valence-electron chi connectivity index (χ2n) is 3.08. The molecule has 1 aromatic heterocycles. The third-order valence-corrected chi connectivity index (χ3v) is 1.91. The number of carbonyl (C=O) groups excluding carboxylic acids is 1. The summed E-state index contributed by atoms with van der Waals surface area (Å²) in [5.41, 5.74) is 5.39. The van der Waals surface area contributed by atoms with E-state index in [1.807, 2.05) is 0 Å². The minimum absolute atomic E-state index is 0.142. The summed E-state index contributed by atoms with van der Waals surface area (Å²) < 4.78 is 6.23. The quantitative estimate of drug-likeness (QED) is 0.623. The van der Waals surface area contributed by atoms with E-state index in [0.717, 1.165) is 0 Å². The van der Waals surface area contributed by atoms with Crippen molar-refractivity contribution >= 4 is 11.7 Å². The van der Waals surface area contributed by atoms with Crippen LogP contribution in [0.3, 0.4) is 0 Å². The SMILES string of the molecule is COCCNC(=O)C(C)n1cc(N)nn1. The zero-order valence-corrected chi connectivity index (χ0v) is 8.80. The van der Waals surface area contributed by atoms with E-state index in [1.165, 1.54) is 10.9 Å². The molecular weight excluding hydrogens is 198 g/mol. The van der Waals surface area contributed by atoms with Crippen molar-refractivity contribution in [1.29, 1.82) is 0 Å². The van der Waals surface area contributed by atoms with Crippen LogP contribution in [0.15, 0.2) is 6.20 Å². The molecule has 1 unspecified atom stereocenters. The predicted molar refractivity (Wildman–Crippen MR) is 54.0 cm³/mol. The van der Waals surface area contributed by atoms with E-state index in [0.29, 0.717) is 19.0 Å². The standard InChI is InChI=1S/C8H15N5O2/c1-6(8(14)10-3-4-15-2)13-5-7(9)11-12-13/h5-6H,3-4,9H2,1-2H3,(H,10,14). The molecule has 1 aromatic rings.